The number of nitrogens with one attached hydrogen (secondary N) is 3. The molecule has 3 rings (SSSR count). The van der Waals surface area contributed by atoms with Crippen molar-refractivity contribution in [2.45, 2.75) is 63.9 Å². The second-order valence-electron chi connectivity index (χ2n) is 8.48. The number of rotatable bonds is 6. The van der Waals surface area contributed by atoms with Crippen molar-refractivity contribution in [3.8, 4) is 5.88 Å². The van der Waals surface area contributed by atoms with Gasteiger partial charge in [0.25, 0.3) is 10.0 Å². The van der Waals surface area contributed by atoms with Gasteiger partial charge in [-0.05, 0) is 36.9 Å². The molecule has 2 amide bonds. The van der Waals surface area contributed by atoms with E-state index >= 15 is 0 Å². The number of carbonyl (C=O) groups excluding carboxylic acids is 1. The molecule has 9 nitrogen and oxygen atoms in total. The maximum atomic E-state index is 12.9. The first-order valence-corrected chi connectivity index (χ1v) is 11.9. The Morgan fingerprint density at radius 1 is 1.19 bits per heavy atom. The molecule has 0 spiro atoms. The lowest BCUT2D eigenvalue weighted by atomic mass is 9.90. The minimum absolute atomic E-state index is 0.0321. The van der Waals surface area contributed by atoms with E-state index in [0.717, 1.165) is 16.7 Å². The van der Waals surface area contributed by atoms with Gasteiger partial charge in [0.15, 0.2) is 4.90 Å². The number of urea groups is 1. The normalized spacial score (nSPS) is 16.2. The van der Waals surface area contributed by atoms with E-state index in [2.05, 4.69) is 20.5 Å². The predicted molar refractivity (Wildman–Crippen MR) is 119 cm³/mol. The summed E-state index contributed by atoms with van der Waals surface area (Å²) < 4.78 is 34.9. The summed E-state index contributed by atoms with van der Waals surface area (Å²) in [5.74, 6) is 0.439. The first-order chi connectivity index (χ1) is 14.5. The van der Waals surface area contributed by atoms with E-state index in [9.17, 15) is 13.2 Å². The van der Waals surface area contributed by atoms with Crippen molar-refractivity contribution in [3.63, 3.8) is 0 Å². The Labute approximate surface area is 183 Å². The molecule has 1 aromatic heterocycles. The Morgan fingerprint density at radius 2 is 1.81 bits per heavy atom. The number of carbonyl (C=O) groups is 1. The lowest BCUT2D eigenvalue weighted by molar-refractivity contribution is 0.184. The van der Waals surface area contributed by atoms with Gasteiger partial charge in [-0.25, -0.2) is 22.6 Å². The molecule has 170 valence electrons. The van der Waals surface area contributed by atoms with Crippen LogP contribution in [0, 0.1) is 6.92 Å². The number of fused-ring (bicyclic) bond motifs is 1. The summed E-state index contributed by atoms with van der Waals surface area (Å²) in [4.78, 5) is 12.6. The predicted octanol–water partition coefficient (Wildman–Crippen LogP) is 2.93. The largest absolute Gasteiger partial charge is 0.475 e. The van der Waals surface area contributed by atoms with E-state index in [1.165, 1.54) is 10.9 Å². The highest BCUT2D eigenvalue weighted by atomic mass is 32.2. The van der Waals surface area contributed by atoms with E-state index in [0.29, 0.717) is 18.8 Å². The second kappa shape index (κ2) is 8.88. The van der Waals surface area contributed by atoms with Crippen molar-refractivity contribution >= 4 is 21.7 Å². The molecule has 0 radical (unpaired) electrons. The maximum absolute atomic E-state index is 12.9. The number of amides is 2. The average Bonchev–Trinajstić information content (AvgIpc) is 3.12. The molecule has 0 fully saturated rings. The average molecular weight is 450 g/mol. The van der Waals surface area contributed by atoms with E-state index in [-0.39, 0.29) is 28.7 Å². The van der Waals surface area contributed by atoms with Crippen molar-refractivity contribution in [1.29, 1.82) is 0 Å². The van der Waals surface area contributed by atoms with Crippen LogP contribution >= 0.6 is 0 Å². The molecule has 1 atom stereocenters. The molecule has 0 saturated heterocycles. The van der Waals surface area contributed by atoms with Crippen molar-refractivity contribution < 1.29 is 17.9 Å². The fourth-order valence-corrected chi connectivity index (χ4v) is 4.63. The van der Waals surface area contributed by atoms with Crippen LogP contribution in [0.1, 0.15) is 56.2 Å². The van der Waals surface area contributed by atoms with Crippen molar-refractivity contribution in [2.75, 3.05) is 19.0 Å². The Morgan fingerprint density at radius 3 is 2.35 bits per heavy atom. The van der Waals surface area contributed by atoms with E-state index in [4.69, 9.17) is 4.74 Å². The fourth-order valence-electron chi connectivity index (χ4n) is 3.65. The van der Waals surface area contributed by atoms with Gasteiger partial charge in [0.1, 0.15) is 6.61 Å². The molecule has 1 aliphatic rings. The third-order valence-corrected chi connectivity index (χ3v) is 6.64. The van der Waals surface area contributed by atoms with Crippen molar-refractivity contribution in [3.05, 3.63) is 35.0 Å². The zero-order valence-corrected chi connectivity index (χ0v) is 19.6. The van der Waals surface area contributed by atoms with Crippen LogP contribution in [-0.4, -0.2) is 43.9 Å². The zero-order valence-electron chi connectivity index (χ0n) is 18.8. The summed E-state index contributed by atoms with van der Waals surface area (Å²) in [6, 6.07) is 3.24. The molecule has 2 aromatic rings. The third-order valence-electron chi connectivity index (χ3n) is 5.33. The third kappa shape index (κ3) is 4.85. The lowest BCUT2D eigenvalue weighted by Crippen LogP contribution is -2.40. The Kier molecular flexibility index (Phi) is 6.61. The highest BCUT2D eigenvalue weighted by Crippen LogP contribution is 2.34. The standard InChI is InChI=1S/C21H31N5O4S/c1-12(2)16-7-14(5)8-17(13(3)4)19(16)24-21(27)25-31(28,29)18-9-23-26-10-15(22-6)11-30-20(18)26/h7-9,12-13,15,22H,10-11H2,1-6H3,(H2,24,25,27)/t15-/m1/s1. The fraction of sp³-hybridized carbons (Fsp3) is 0.524. The van der Waals surface area contributed by atoms with Crippen LogP contribution in [0.3, 0.4) is 0 Å². The summed E-state index contributed by atoms with van der Waals surface area (Å²) in [7, 11) is -2.37. The Bertz CT molecular complexity index is 1050. The van der Waals surface area contributed by atoms with Crippen LogP contribution in [0.2, 0.25) is 0 Å². The summed E-state index contributed by atoms with van der Waals surface area (Å²) in [6.45, 7) is 10.9. The van der Waals surface area contributed by atoms with E-state index in [1.54, 1.807) is 7.05 Å². The topological polar surface area (TPSA) is 114 Å². The van der Waals surface area contributed by atoms with Crippen LogP contribution in [0.5, 0.6) is 5.88 Å². The smallest absolute Gasteiger partial charge is 0.333 e. The molecule has 2 heterocycles. The Hall–Kier alpha value is -2.59. The molecule has 1 aliphatic heterocycles. The van der Waals surface area contributed by atoms with Gasteiger partial charge in [-0.1, -0.05) is 45.4 Å². The molecule has 0 unspecified atom stereocenters. The first-order valence-electron chi connectivity index (χ1n) is 10.4. The number of aromatic nitrogens is 2. The van der Waals surface area contributed by atoms with E-state index in [1.807, 2.05) is 46.8 Å². The van der Waals surface area contributed by atoms with Gasteiger partial charge in [0.05, 0.1) is 18.8 Å². The van der Waals surface area contributed by atoms with Crippen LogP contribution in [0.25, 0.3) is 0 Å². The molecule has 0 aliphatic carbocycles. The van der Waals surface area contributed by atoms with E-state index < -0.39 is 16.1 Å². The number of hydrogen-bond acceptors (Lipinski definition) is 6. The monoisotopic (exact) mass is 449 g/mol. The van der Waals surface area contributed by atoms with Crippen LogP contribution < -0.4 is 20.1 Å². The van der Waals surface area contributed by atoms with Gasteiger partial charge < -0.3 is 15.4 Å². The number of aryl methyl sites for hydroxylation is 1. The molecular weight excluding hydrogens is 418 g/mol. The van der Waals surface area contributed by atoms with Gasteiger partial charge >= 0.3 is 6.03 Å². The second-order valence-corrected chi connectivity index (χ2v) is 10.1. The molecule has 3 N–H and O–H groups in total. The number of nitrogens with zero attached hydrogens (tertiary/aromatic N) is 2. The molecule has 1 aromatic carbocycles. The SMILES string of the molecule is CN[C@H]1COc2c(S(=O)(=O)NC(=O)Nc3c(C(C)C)cc(C)cc3C(C)C)cnn2C1. The lowest BCUT2D eigenvalue weighted by Gasteiger charge is -2.24. The molecule has 0 bridgehead atoms. The van der Waals surface area contributed by atoms with Crippen LogP contribution in [-0.2, 0) is 16.6 Å². The summed E-state index contributed by atoms with van der Waals surface area (Å²) in [6.07, 6.45) is 1.20. The van der Waals surface area contributed by atoms with Crippen LogP contribution in [0.4, 0.5) is 10.5 Å². The number of likely N-dealkylation sites (N-methyl/N-ethyl adjacent to an activating group) is 1. The zero-order chi connectivity index (χ0) is 22.9. The number of anilines is 1. The number of hydrogen-bond donors (Lipinski definition) is 3. The Balaban J connectivity index is 1.86. The van der Waals surface area contributed by atoms with Gasteiger partial charge in [0.2, 0.25) is 5.88 Å². The van der Waals surface area contributed by atoms with Crippen molar-refractivity contribution in [2.24, 2.45) is 0 Å². The molecule has 0 saturated carbocycles. The van der Waals surface area contributed by atoms with Gasteiger partial charge in [-0.3, -0.25) is 0 Å². The van der Waals surface area contributed by atoms with Gasteiger partial charge in [-0.2, -0.15) is 5.10 Å². The number of sulfonamides is 1. The van der Waals surface area contributed by atoms with Gasteiger partial charge in [0, 0.05) is 5.69 Å². The number of benzene rings is 1. The van der Waals surface area contributed by atoms with Crippen LogP contribution in [0.15, 0.2) is 23.2 Å². The molecule has 31 heavy (non-hydrogen) atoms. The van der Waals surface area contributed by atoms with Crippen molar-refractivity contribution in [1.82, 2.24) is 19.8 Å². The molecule has 10 heteroatoms. The molecular formula is C21H31N5O4S. The minimum atomic E-state index is -4.17. The highest BCUT2D eigenvalue weighted by Gasteiger charge is 2.31. The summed E-state index contributed by atoms with van der Waals surface area (Å²) in [5, 5.41) is 9.94. The highest BCUT2D eigenvalue weighted by molar-refractivity contribution is 7.90. The summed E-state index contributed by atoms with van der Waals surface area (Å²) in [5.41, 5.74) is 3.66. The number of ether oxygens (including phenoxy) is 1. The quantitative estimate of drug-likeness (QED) is 0.625. The summed E-state index contributed by atoms with van der Waals surface area (Å²) >= 11 is 0. The first kappa shape index (κ1) is 23.1. The minimum Gasteiger partial charge on any atom is -0.475 e. The van der Waals surface area contributed by atoms with Gasteiger partial charge in [-0.15, -0.1) is 0 Å². The maximum Gasteiger partial charge on any atom is 0.333 e.